The monoisotopic (exact) mass is 234 g/mol. The molecule has 15 heavy (non-hydrogen) atoms. The summed E-state index contributed by atoms with van der Waals surface area (Å²) in [5, 5.41) is 6.20. The number of amides is 1. The van der Waals surface area contributed by atoms with E-state index in [1.165, 1.54) is 0 Å². The molecule has 0 bridgehead atoms. The Hall–Kier alpha value is -0.280. The van der Waals surface area contributed by atoms with Crippen molar-refractivity contribution in [3.63, 3.8) is 0 Å². The highest BCUT2D eigenvalue weighted by molar-refractivity contribution is 5.85. The zero-order valence-corrected chi connectivity index (χ0v) is 11.1. The Morgan fingerprint density at radius 2 is 1.93 bits per heavy atom. The highest BCUT2D eigenvalue weighted by Crippen LogP contribution is 2.27. The van der Waals surface area contributed by atoms with Crippen LogP contribution in [0.1, 0.15) is 34.6 Å². The first-order valence-electron chi connectivity index (χ1n) is 5.38. The van der Waals surface area contributed by atoms with Crippen molar-refractivity contribution in [3.05, 3.63) is 0 Å². The van der Waals surface area contributed by atoms with Gasteiger partial charge in [0.15, 0.2) is 0 Å². The number of carbonyl (C=O) groups is 1. The Labute approximate surface area is 98.8 Å². The molecule has 4 heteroatoms. The number of carbonyl (C=O) groups excluding carboxylic acids is 1. The number of nitrogens with one attached hydrogen (secondary N) is 2. The third-order valence-corrected chi connectivity index (χ3v) is 3.18. The van der Waals surface area contributed by atoms with Gasteiger partial charge in [-0.05, 0) is 12.8 Å². The minimum absolute atomic E-state index is 0. The molecule has 3 nitrogen and oxygen atoms in total. The van der Waals surface area contributed by atoms with Crippen LogP contribution in [0.5, 0.6) is 0 Å². The lowest BCUT2D eigenvalue weighted by atomic mass is 9.76. The van der Waals surface area contributed by atoms with Gasteiger partial charge in [0.05, 0.1) is 6.04 Å². The molecule has 1 aliphatic rings. The second kappa shape index (κ2) is 5.17. The van der Waals surface area contributed by atoms with Gasteiger partial charge in [-0.15, -0.1) is 12.4 Å². The third-order valence-electron chi connectivity index (χ3n) is 3.18. The average molecular weight is 235 g/mol. The standard InChI is InChI=1S/C11H22N2O.ClH/c1-7(2)8(3)13-10(14)9-11(4,5)6-12-9;/h7-9,12H,6H2,1-5H3,(H,13,14);1H. The summed E-state index contributed by atoms with van der Waals surface area (Å²) in [5.74, 6) is 0.629. The van der Waals surface area contributed by atoms with Gasteiger partial charge in [0.2, 0.25) is 5.91 Å². The van der Waals surface area contributed by atoms with Gasteiger partial charge in [0.1, 0.15) is 0 Å². The van der Waals surface area contributed by atoms with Gasteiger partial charge in [-0.1, -0.05) is 27.7 Å². The molecule has 1 amide bonds. The van der Waals surface area contributed by atoms with E-state index >= 15 is 0 Å². The fourth-order valence-corrected chi connectivity index (χ4v) is 1.53. The lowest BCUT2D eigenvalue weighted by Crippen LogP contribution is -2.66. The number of rotatable bonds is 3. The Morgan fingerprint density at radius 3 is 2.20 bits per heavy atom. The van der Waals surface area contributed by atoms with E-state index in [0.717, 1.165) is 6.54 Å². The molecule has 2 N–H and O–H groups in total. The van der Waals surface area contributed by atoms with Crippen molar-refractivity contribution < 1.29 is 4.79 Å². The molecule has 1 heterocycles. The maximum Gasteiger partial charge on any atom is 0.237 e. The lowest BCUT2D eigenvalue weighted by molar-refractivity contribution is -0.130. The second-order valence-corrected chi connectivity index (χ2v) is 5.34. The minimum Gasteiger partial charge on any atom is -0.352 e. The van der Waals surface area contributed by atoms with Crippen molar-refractivity contribution in [1.29, 1.82) is 0 Å². The van der Waals surface area contributed by atoms with Gasteiger partial charge < -0.3 is 10.6 Å². The molecule has 0 aromatic heterocycles. The van der Waals surface area contributed by atoms with Gasteiger partial charge in [-0.3, -0.25) is 4.79 Å². The normalized spacial score (nSPS) is 25.1. The summed E-state index contributed by atoms with van der Waals surface area (Å²) < 4.78 is 0. The molecule has 0 aliphatic carbocycles. The van der Waals surface area contributed by atoms with Crippen LogP contribution in [0.4, 0.5) is 0 Å². The van der Waals surface area contributed by atoms with Gasteiger partial charge in [-0.25, -0.2) is 0 Å². The molecule has 1 aliphatic heterocycles. The highest BCUT2D eigenvalue weighted by atomic mass is 35.5. The van der Waals surface area contributed by atoms with Crippen molar-refractivity contribution in [2.24, 2.45) is 11.3 Å². The summed E-state index contributed by atoms with van der Waals surface area (Å²) >= 11 is 0. The average Bonchev–Trinajstić information content (AvgIpc) is 2.02. The number of hydrogen-bond acceptors (Lipinski definition) is 2. The van der Waals surface area contributed by atoms with Crippen LogP contribution in [-0.2, 0) is 4.79 Å². The topological polar surface area (TPSA) is 41.1 Å². The summed E-state index contributed by atoms with van der Waals surface area (Å²) in [4.78, 5) is 11.8. The molecule has 1 rings (SSSR count). The fourth-order valence-electron chi connectivity index (χ4n) is 1.53. The van der Waals surface area contributed by atoms with E-state index in [2.05, 4.69) is 38.3 Å². The van der Waals surface area contributed by atoms with E-state index in [4.69, 9.17) is 0 Å². The summed E-state index contributed by atoms with van der Waals surface area (Å²) in [6.45, 7) is 11.4. The summed E-state index contributed by atoms with van der Waals surface area (Å²) in [6.07, 6.45) is 0. The Kier molecular flexibility index (Phi) is 5.07. The van der Waals surface area contributed by atoms with Crippen LogP contribution in [-0.4, -0.2) is 24.5 Å². The Bertz CT molecular complexity index is 229. The molecule has 0 radical (unpaired) electrons. The lowest BCUT2D eigenvalue weighted by Gasteiger charge is -2.44. The maximum absolute atomic E-state index is 11.8. The van der Waals surface area contributed by atoms with Crippen molar-refractivity contribution in [3.8, 4) is 0 Å². The van der Waals surface area contributed by atoms with Crippen molar-refractivity contribution in [2.75, 3.05) is 6.54 Å². The summed E-state index contributed by atoms with van der Waals surface area (Å²) in [5.41, 5.74) is 0.112. The largest absolute Gasteiger partial charge is 0.352 e. The van der Waals surface area contributed by atoms with Gasteiger partial charge in [0.25, 0.3) is 0 Å². The van der Waals surface area contributed by atoms with Gasteiger partial charge >= 0.3 is 0 Å². The summed E-state index contributed by atoms with van der Waals surface area (Å²) in [7, 11) is 0. The number of hydrogen-bond donors (Lipinski definition) is 2. The predicted octanol–water partition coefficient (Wildman–Crippen LogP) is 1.57. The smallest absolute Gasteiger partial charge is 0.237 e. The molecule has 2 unspecified atom stereocenters. The first-order valence-corrected chi connectivity index (χ1v) is 5.38. The zero-order chi connectivity index (χ0) is 10.9. The van der Waals surface area contributed by atoms with Crippen LogP contribution in [0.15, 0.2) is 0 Å². The quantitative estimate of drug-likeness (QED) is 0.779. The van der Waals surface area contributed by atoms with Crippen LogP contribution < -0.4 is 10.6 Å². The summed E-state index contributed by atoms with van der Waals surface area (Å²) in [6, 6.07) is 0.240. The Morgan fingerprint density at radius 1 is 1.40 bits per heavy atom. The van der Waals surface area contributed by atoms with Crippen LogP contribution in [0.25, 0.3) is 0 Å². The van der Waals surface area contributed by atoms with Crippen LogP contribution >= 0.6 is 12.4 Å². The molecule has 0 saturated carbocycles. The zero-order valence-electron chi connectivity index (χ0n) is 10.3. The van der Waals surface area contributed by atoms with Crippen LogP contribution in [0.3, 0.4) is 0 Å². The van der Waals surface area contributed by atoms with Crippen molar-refractivity contribution >= 4 is 18.3 Å². The molecule has 2 atom stereocenters. The molecular weight excluding hydrogens is 212 g/mol. The third kappa shape index (κ3) is 3.35. The Balaban J connectivity index is 0.00000196. The fraction of sp³-hybridized carbons (Fsp3) is 0.909. The predicted molar refractivity (Wildman–Crippen MR) is 65.3 cm³/mol. The first kappa shape index (κ1) is 14.7. The van der Waals surface area contributed by atoms with E-state index in [9.17, 15) is 4.79 Å². The van der Waals surface area contributed by atoms with E-state index in [0.29, 0.717) is 5.92 Å². The van der Waals surface area contributed by atoms with Crippen molar-refractivity contribution in [2.45, 2.75) is 46.7 Å². The van der Waals surface area contributed by atoms with Crippen molar-refractivity contribution in [1.82, 2.24) is 10.6 Å². The van der Waals surface area contributed by atoms with Crippen LogP contribution in [0, 0.1) is 11.3 Å². The maximum atomic E-state index is 11.8. The molecule has 0 aromatic rings. The molecule has 90 valence electrons. The molecule has 1 saturated heterocycles. The van der Waals surface area contributed by atoms with Gasteiger partial charge in [0, 0.05) is 18.0 Å². The van der Waals surface area contributed by atoms with E-state index in [1.807, 2.05) is 6.92 Å². The highest BCUT2D eigenvalue weighted by Gasteiger charge is 2.43. The van der Waals surface area contributed by atoms with E-state index in [1.54, 1.807) is 0 Å². The molecule has 0 spiro atoms. The van der Waals surface area contributed by atoms with E-state index < -0.39 is 0 Å². The molecule has 0 aromatic carbocycles. The molecule has 1 fully saturated rings. The first-order chi connectivity index (χ1) is 6.34. The SMILES string of the molecule is CC(C)C(C)NC(=O)C1NCC1(C)C.Cl. The van der Waals surface area contributed by atoms with Gasteiger partial charge in [-0.2, -0.15) is 0 Å². The minimum atomic E-state index is -0.0105. The molecular formula is C11H23ClN2O. The number of halogens is 1. The second-order valence-electron chi connectivity index (χ2n) is 5.34. The van der Waals surface area contributed by atoms with Crippen LogP contribution in [0.2, 0.25) is 0 Å². The van der Waals surface area contributed by atoms with E-state index in [-0.39, 0.29) is 35.8 Å².